The molecule has 0 N–H and O–H groups in total. The maximum absolute atomic E-state index is 10.9. The van der Waals surface area contributed by atoms with Crippen molar-refractivity contribution in [3.63, 3.8) is 0 Å². The Hall–Kier alpha value is -0.660. The van der Waals surface area contributed by atoms with Crippen LogP contribution in [0.15, 0.2) is 0 Å². The van der Waals surface area contributed by atoms with Crippen molar-refractivity contribution in [1.82, 2.24) is 0 Å². The smallest absolute Gasteiger partial charge is 0.133 e. The normalized spacial score (nSPS) is 23.7. The van der Waals surface area contributed by atoms with E-state index < -0.39 is 5.41 Å². The van der Waals surface area contributed by atoms with Crippen molar-refractivity contribution in [3.05, 3.63) is 0 Å². The van der Waals surface area contributed by atoms with Crippen molar-refractivity contribution in [2.24, 2.45) is 5.41 Å². The first-order valence-electron chi connectivity index (χ1n) is 5.76. The van der Waals surface area contributed by atoms with E-state index in [0.29, 0.717) is 0 Å². The van der Waals surface area contributed by atoms with Gasteiger partial charge in [0.2, 0.25) is 0 Å². The number of carbonyl (C=O) groups excluding carboxylic acids is 2. The topological polar surface area (TPSA) is 34.1 Å². The van der Waals surface area contributed by atoms with Gasteiger partial charge < -0.3 is 9.59 Å². The van der Waals surface area contributed by atoms with Gasteiger partial charge >= 0.3 is 0 Å². The van der Waals surface area contributed by atoms with Crippen LogP contribution in [0.25, 0.3) is 0 Å². The predicted octanol–water partition coefficient (Wildman–Crippen LogP) is 2.90. The van der Waals surface area contributed by atoms with Gasteiger partial charge in [-0.25, -0.2) is 0 Å². The molecule has 1 fully saturated rings. The highest BCUT2D eigenvalue weighted by molar-refractivity contribution is 5.83. The Morgan fingerprint density at radius 1 is 0.643 bits per heavy atom. The molecule has 1 aliphatic rings. The zero-order valence-corrected chi connectivity index (χ0v) is 8.84. The van der Waals surface area contributed by atoms with Crippen LogP contribution >= 0.6 is 0 Å². The van der Waals surface area contributed by atoms with Gasteiger partial charge in [0.25, 0.3) is 0 Å². The minimum absolute atomic E-state index is 0.642. The van der Waals surface area contributed by atoms with E-state index in [0.717, 1.165) is 38.3 Å². The third kappa shape index (κ3) is 3.24. The van der Waals surface area contributed by atoms with Gasteiger partial charge in [-0.3, -0.25) is 0 Å². The molecule has 0 atom stereocenters. The highest BCUT2D eigenvalue weighted by Crippen LogP contribution is 2.29. The lowest BCUT2D eigenvalue weighted by Crippen LogP contribution is -2.24. The van der Waals surface area contributed by atoms with Crippen LogP contribution in [0.2, 0.25) is 0 Å². The number of aldehydes is 2. The summed E-state index contributed by atoms with van der Waals surface area (Å²) in [5.74, 6) is 0. The summed E-state index contributed by atoms with van der Waals surface area (Å²) in [4.78, 5) is 21.9. The Balaban J connectivity index is 2.52. The number of rotatable bonds is 2. The highest BCUT2D eigenvalue weighted by Gasteiger charge is 2.28. The van der Waals surface area contributed by atoms with E-state index in [2.05, 4.69) is 0 Å². The van der Waals surface area contributed by atoms with Gasteiger partial charge in [-0.2, -0.15) is 0 Å². The highest BCUT2D eigenvalue weighted by atomic mass is 16.1. The quantitative estimate of drug-likeness (QED) is 0.502. The van der Waals surface area contributed by atoms with Crippen molar-refractivity contribution in [1.29, 1.82) is 0 Å². The second kappa shape index (κ2) is 5.94. The third-order valence-electron chi connectivity index (χ3n) is 3.25. The molecular weight excluding hydrogens is 176 g/mol. The Bertz CT molecular complexity index is 167. The fraction of sp³-hybridized carbons (Fsp3) is 0.833. The van der Waals surface area contributed by atoms with Crippen molar-refractivity contribution >= 4 is 12.6 Å². The van der Waals surface area contributed by atoms with Gasteiger partial charge in [-0.1, -0.05) is 44.9 Å². The summed E-state index contributed by atoms with van der Waals surface area (Å²) in [6.45, 7) is 0. The molecule has 1 aliphatic carbocycles. The van der Waals surface area contributed by atoms with Gasteiger partial charge in [-0.05, 0) is 12.8 Å². The Kier molecular flexibility index (Phi) is 4.85. The second-order valence-electron chi connectivity index (χ2n) is 4.44. The van der Waals surface area contributed by atoms with E-state index in [4.69, 9.17) is 0 Å². The minimum atomic E-state index is -0.642. The van der Waals surface area contributed by atoms with Crippen LogP contribution in [0.5, 0.6) is 0 Å². The molecule has 1 rings (SSSR count). The zero-order valence-electron chi connectivity index (χ0n) is 8.84. The maximum atomic E-state index is 10.9. The molecule has 14 heavy (non-hydrogen) atoms. The lowest BCUT2D eigenvalue weighted by atomic mass is 9.80. The molecule has 0 aromatic heterocycles. The maximum Gasteiger partial charge on any atom is 0.133 e. The molecule has 0 heterocycles. The van der Waals surface area contributed by atoms with Crippen molar-refractivity contribution in [2.45, 2.75) is 57.8 Å². The fourth-order valence-corrected chi connectivity index (χ4v) is 2.18. The van der Waals surface area contributed by atoms with Crippen LogP contribution in [-0.2, 0) is 9.59 Å². The molecule has 0 saturated heterocycles. The Morgan fingerprint density at radius 3 is 1.36 bits per heavy atom. The first-order chi connectivity index (χ1) is 6.83. The first kappa shape index (κ1) is 11.4. The van der Waals surface area contributed by atoms with Crippen LogP contribution < -0.4 is 0 Å². The molecule has 2 heteroatoms. The van der Waals surface area contributed by atoms with Crippen LogP contribution in [0.1, 0.15) is 57.8 Å². The zero-order chi connectivity index (χ0) is 10.3. The summed E-state index contributed by atoms with van der Waals surface area (Å²) in [6, 6.07) is 0. The molecule has 0 aliphatic heterocycles. The summed E-state index contributed by atoms with van der Waals surface area (Å²) >= 11 is 0. The SMILES string of the molecule is O=CC1(C=O)CCCCCCCCC1. The van der Waals surface area contributed by atoms with E-state index in [1.807, 2.05) is 0 Å². The van der Waals surface area contributed by atoms with Gasteiger partial charge in [0.1, 0.15) is 12.6 Å². The number of hydrogen-bond donors (Lipinski definition) is 0. The van der Waals surface area contributed by atoms with Crippen molar-refractivity contribution in [3.8, 4) is 0 Å². The molecule has 80 valence electrons. The van der Waals surface area contributed by atoms with E-state index in [-0.39, 0.29) is 0 Å². The minimum Gasteiger partial charge on any atom is -0.302 e. The molecule has 0 radical (unpaired) electrons. The second-order valence-corrected chi connectivity index (χ2v) is 4.44. The molecule has 0 spiro atoms. The molecule has 1 saturated carbocycles. The Morgan fingerprint density at radius 2 is 1.00 bits per heavy atom. The molecule has 0 unspecified atom stereocenters. The summed E-state index contributed by atoms with van der Waals surface area (Å²) in [6.07, 6.45) is 11.5. The first-order valence-corrected chi connectivity index (χ1v) is 5.76. The van der Waals surface area contributed by atoms with E-state index >= 15 is 0 Å². The summed E-state index contributed by atoms with van der Waals surface area (Å²) in [5.41, 5.74) is -0.642. The monoisotopic (exact) mass is 196 g/mol. The van der Waals surface area contributed by atoms with Gasteiger partial charge in [0, 0.05) is 0 Å². The molecule has 0 aromatic rings. The summed E-state index contributed by atoms with van der Waals surface area (Å²) in [5, 5.41) is 0. The Labute approximate surface area is 86.1 Å². The largest absolute Gasteiger partial charge is 0.302 e. The van der Waals surface area contributed by atoms with Crippen LogP contribution in [0, 0.1) is 5.41 Å². The van der Waals surface area contributed by atoms with E-state index in [9.17, 15) is 9.59 Å². The molecule has 2 nitrogen and oxygen atoms in total. The molecule has 0 bridgehead atoms. The van der Waals surface area contributed by atoms with Gasteiger partial charge in [-0.15, -0.1) is 0 Å². The number of hydrogen-bond acceptors (Lipinski definition) is 2. The standard InChI is InChI=1S/C12H20O2/c13-10-12(11-14)8-6-4-2-1-3-5-7-9-12/h10-11H,1-9H2. The third-order valence-corrected chi connectivity index (χ3v) is 3.25. The van der Waals surface area contributed by atoms with E-state index in [1.165, 1.54) is 32.1 Å². The van der Waals surface area contributed by atoms with Crippen LogP contribution in [-0.4, -0.2) is 12.6 Å². The summed E-state index contributed by atoms with van der Waals surface area (Å²) in [7, 11) is 0. The summed E-state index contributed by atoms with van der Waals surface area (Å²) < 4.78 is 0. The van der Waals surface area contributed by atoms with Gasteiger partial charge in [0.05, 0.1) is 5.41 Å². The molecule has 0 amide bonds. The molecular formula is C12H20O2. The molecule has 0 aromatic carbocycles. The fourth-order valence-electron chi connectivity index (χ4n) is 2.18. The van der Waals surface area contributed by atoms with Crippen LogP contribution in [0.3, 0.4) is 0 Å². The van der Waals surface area contributed by atoms with E-state index in [1.54, 1.807) is 0 Å². The lowest BCUT2D eigenvalue weighted by molar-refractivity contribution is -0.127. The number of carbonyl (C=O) groups is 2. The van der Waals surface area contributed by atoms with Gasteiger partial charge in [0.15, 0.2) is 0 Å². The average Bonchev–Trinajstić information content (AvgIpc) is 2.26. The van der Waals surface area contributed by atoms with Crippen molar-refractivity contribution in [2.75, 3.05) is 0 Å². The average molecular weight is 196 g/mol. The van der Waals surface area contributed by atoms with Crippen LogP contribution in [0.4, 0.5) is 0 Å². The lowest BCUT2D eigenvalue weighted by Gasteiger charge is -2.22. The van der Waals surface area contributed by atoms with Crippen molar-refractivity contribution < 1.29 is 9.59 Å². The predicted molar refractivity (Wildman–Crippen MR) is 56.1 cm³/mol.